The van der Waals surface area contributed by atoms with Gasteiger partial charge in [0.05, 0.1) is 11.2 Å². The first-order valence-corrected chi connectivity index (χ1v) is 43.0. The molecular formula is C107H132N8. The number of pyridine rings is 3. The fourth-order valence-corrected chi connectivity index (χ4v) is 16.3. The van der Waals surface area contributed by atoms with E-state index in [2.05, 4.69) is 378 Å². The molecular weight excluding hydrogens is 1400 g/mol. The summed E-state index contributed by atoms with van der Waals surface area (Å²) in [5.41, 5.74) is 27.1. The summed E-state index contributed by atoms with van der Waals surface area (Å²) >= 11 is 0. The lowest BCUT2D eigenvalue weighted by Crippen LogP contribution is -2.24. The lowest BCUT2D eigenvalue weighted by molar-refractivity contribution is 0.632. The molecule has 0 bridgehead atoms. The first kappa shape index (κ1) is 87.1. The predicted molar refractivity (Wildman–Crippen MR) is 500 cm³/mol. The zero-order valence-electron chi connectivity index (χ0n) is 72.6. The number of hydrogen-bond acceptors (Lipinski definition) is 7. The Kier molecular flexibility index (Phi) is 32.9. The Hall–Kier alpha value is -10.3. The molecule has 5 N–H and O–H groups in total. The summed E-state index contributed by atoms with van der Waals surface area (Å²) in [4.78, 5) is 16.2. The lowest BCUT2D eigenvalue weighted by Gasteiger charge is -2.22. The van der Waals surface area contributed by atoms with Gasteiger partial charge in [0.25, 0.3) is 0 Å². The molecule has 0 radical (unpaired) electrons. The first-order chi connectivity index (χ1) is 55.6. The molecule has 115 heavy (non-hydrogen) atoms. The highest BCUT2D eigenvalue weighted by Gasteiger charge is 2.19. The number of para-hydroxylation sites is 3. The van der Waals surface area contributed by atoms with Gasteiger partial charge >= 0.3 is 0 Å². The maximum Gasteiger partial charge on any atom is 0.0704 e. The molecule has 600 valence electrons. The maximum absolute atomic E-state index is 4.41. The van der Waals surface area contributed by atoms with Crippen molar-refractivity contribution < 1.29 is 0 Å². The highest BCUT2D eigenvalue weighted by molar-refractivity contribution is 5.88. The van der Waals surface area contributed by atoms with Crippen molar-refractivity contribution in [2.45, 2.75) is 223 Å². The third-order valence-corrected chi connectivity index (χ3v) is 22.4. The normalized spacial score (nSPS) is 13.0. The van der Waals surface area contributed by atoms with Crippen molar-refractivity contribution in [3.8, 4) is 0 Å². The van der Waals surface area contributed by atoms with Crippen LogP contribution in [0.2, 0.25) is 0 Å². The van der Waals surface area contributed by atoms with Crippen molar-refractivity contribution in [1.29, 1.82) is 0 Å². The number of anilines is 2. The number of nitrogens with zero attached hydrogens (tertiary/aromatic N) is 3. The van der Waals surface area contributed by atoms with Gasteiger partial charge in [-0.3, -0.25) is 15.0 Å². The van der Waals surface area contributed by atoms with Crippen molar-refractivity contribution in [2.24, 2.45) is 0 Å². The van der Waals surface area contributed by atoms with Gasteiger partial charge in [0, 0.05) is 90.2 Å². The summed E-state index contributed by atoms with van der Waals surface area (Å²) in [7, 11) is 0. The first-order valence-electron chi connectivity index (χ1n) is 43.0. The molecule has 0 aliphatic carbocycles. The van der Waals surface area contributed by atoms with Gasteiger partial charge in [-0.1, -0.05) is 319 Å². The van der Waals surface area contributed by atoms with Crippen molar-refractivity contribution in [1.82, 2.24) is 30.6 Å². The Morgan fingerprint density at radius 3 is 1.43 bits per heavy atom. The van der Waals surface area contributed by atoms with Crippen LogP contribution in [0.25, 0.3) is 54.1 Å². The van der Waals surface area contributed by atoms with E-state index in [0.717, 1.165) is 44.8 Å². The van der Waals surface area contributed by atoms with Gasteiger partial charge in [0.1, 0.15) is 0 Å². The molecule has 8 heteroatoms. The van der Waals surface area contributed by atoms with Gasteiger partial charge < -0.3 is 26.3 Å². The molecule has 4 aliphatic rings. The van der Waals surface area contributed by atoms with E-state index >= 15 is 0 Å². The third kappa shape index (κ3) is 23.7. The topological polar surface area (TPSA) is 103 Å². The maximum atomic E-state index is 4.41. The van der Waals surface area contributed by atoms with Crippen LogP contribution in [0.5, 0.6) is 0 Å². The average Bonchev–Trinajstić information content (AvgIpc) is 1.35. The molecule has 0 saturated carbocycles. The molecule has 18 rings (SSSR count). The molecule has 14 aromatic rings. The largest absolute Gasteiger partial charge is 0.385 e. The van der Waals surface area contributed by atoms with Crippen LogP contribution >= 0.6 is 0 Å². The van der Waals surface area contributed by atoms with E-state index < -0.39 is 0 Å². The van der Waals surface area contributed by atoms with E-state index in [-0.39, 0.29) is 0 Å². The fourth-order valence-electron chi connectivity index (χ4n) is 16.3. The van der Waals surface area contributed by atoms with Crippen molar-refractivity contribution in [3.05, 3.63) is 339 Å². The summed E-state index contributed by atoms with van der Waals surface area (Å²) in [5, 5.41) is 24.2. The van der Waals surface area contributed by atoms with E-state index in [1.807, 2.05) is 43.1 Å². The second-order valence-corrected chi connectivity index (χ2v) is 33.8. The van der Waals surface area contributed by atoms with Gasteiger partial charge in [0.2, 0.25) is 0 Å². The molecule has 0 spiro atoms. The molecule has 0 unspecified atom stereocenters. The summed E-state index contributed by atoms with van der Waals surface area (Å²) in [5.74, 6) is 5.37. The van der Waals surface area contributed by atoms with E-state index in [9.17, 15) is 0 Å². The number of aromatic nitrogens is 4. The molecule has 0 atom stereocenters. The van der Waals surface area contributed by atoms with Crippen LogP contribution in [-0.4, -0.2) is 46.1 Å². The van der Waals surface area contributed by atoms with Crippen LogP contribution in [0.4, 0.5) is 11.4 Å². The summed E-state index contributed by atoms with van der Waals surface area (Å²) in [6.45, 7) is 46.8. The van der Waals surface area contributed by atoms with Crippen LogP contribution in [0, 0.1) is 0 Å². The van der Waals surface area contributed by atoms with Gasteiger partial charge in [-0.05, 0) is 234 Å². The number of rotatable bonds is 9. The van der Waals surface area contributed by atoms with E-state index in [0.29, 0.717) is 53.3 Å². The average molecular weight is 1530 g/mol. The van der Waals surface area contributed by atoms with Gasteiger partial charge in [0.15, 0.2) is 0 Å². The fraction of sp³-hybridized carbons (Fsp3) is 0.355. The Bertz CT molecular complexity index is 4840. The van der Waals surface area contributed by atoms with Crippen LogP contribution in [0.1, 0.15) is 268 Å². The molecule has 4 aromatic heterocycles. The van der Waals surface area contributed by atoms with Crippen molar-refractivity contribution in [2.75, 3.05) is 36.8 Å². The van der Waals surface area contributed by atoms with Crippen molar-refractivity contribution >= 4 is 65.5 Å². The predicted octanol–water partition coefficient (Wildman–Crippen LogP) is 28.2. The quantitative estimate of drug-likeness (QED) is 0.0981. The molecule has 0 saturated heterocycles. The smallest absolute Gasteiger partial charge is 0.0704 e. The lowest BCUT2D eigenvalue weighted by atomic mass is 9.90. The Morgan fingerprint density at radius 1 is 0.287 bits per heavy atom. The van der Waals surface area contributed by atoms with Crippen LogP contribution in [-0.2, 0) is 38.8 Å². The number of benzene rings is 10. The second kappa shape index (κ2) is 43.5. The Morgan fingerprint density at radius 2 is 0.765 bits per heavy atom. The van der Waals surface area contributed by atoms with E-state index in [1.54, 1.807) is 27.8 Å². The minimum absolute atomic E-state index is 0.492. The summed E-state index contributed by atoms with van der Waals surface area (Å²) in [6.07, 6.45) is 15.8. The molecule has 8 heterocycles. The molecule has 0 amide bonds. The number of nitrogens with one attached hydrogen (secondary N) is 5. The summed E-state index contributed by atoms with van der Waals surface area (Å²) < 4.78 is 0. The third-order valence-electron chi connectivity index (χ3n) is 22.4. The standard InChI is InChI=1S/C13H14.3C12H17N.3C12H13N.C11H15N.C11H13N/c1-10(2)12-9-5-7-11-6-3-4-8-13(11)12;1-9(2)10-5-3-7-12-11(10)6-4-8-13-12;1-9(2)11-5-3-4-10-8-13-7-6-12(10)11;1-9(2)11-5-3-4-10-6-7-13-8-12(10)11;1-9(2)12-8-13-7-10-5-3-4-6-11(10)12;1-9(2)10-7-8-13-12-6-4-3-5-11(10)12;1-9(2)12-11-6-4-3-5-10(11)7-8-13-12;2*1-8(2)10-5-3-4-9-6-7-12-11(9)10/h3-10H,1-2H3;3,5,7,9,13H,4,6,8H2,1-2H3;2*3-5,9,13H,6-8H2,1-2H3;3*3-9H,1-2H3;3-5,8,12H,6-7H2,1-2H3;3-8,12H,1-2H3. The molecule has 8 nitrogen and oxygen atoms in total. The molecule has 10 aromatic carbocycles. The molecule has 0 fully saturated rings. The SMILES string of the molecule is CC(C)c1cccc2c1CCCN2.CC(C)c1cccc2c1CCNC2.CC(C)c1cccc2c1CNCC2.CC(C)c1cccc2c1NCC2.CC(C)c1cccc2cc[nH]c12.CC(C)c1cccc2ccccc12.CC(C)c1ccnc2ccccc12.CC(C)c1cncc2ccccc12.CC(C)c1nccc2ccccc12. The second-order valence-electron chi connectivity index (χ2n) is 33.8. The minimum atomic E-state index is 0.492. The monoisotopic (exact) mass is 1530 g/mol. The number of fused-ring (bicyclic) bond motifs is 9. The van der Waals surface area contributed by atoms with Crippen LogP contribution in [0.3, 0.4) is 0 Å². The van der Waals surface area contributed by atoms with Crippen LogP contribution in [0.15, 0.2) is 255 Å². The highest BCUT2D eigenvalue weighted by Crippen LogP contribution is 2.35. The number of aromatic amines is 1. The highest BCUT2D eigenvalue weighted by atomic mass is 14.9. The zero-order chi connectivity index (χ0) is 81.9. The van der Waals surface area contributed by atoms with E-state index in [1.165, 1.54) is 148 Å². The zero-order valence-corrected chi connectivity index (χ0v) is 72.6. The van der Waals surface area contributed by atoms with Crippen LogP contribution < -0.4 is 21.3 Å². The van der Waals surface area contributed by atoms with E-state index in [4.69, 9.17) is 0 Å². The Balaban J connectivity index is 0.000000137. The van der Waals surface area contributed by atoms with Gasteiger partial charge in [-0.25, -0.2) is 0 Å². The summed E-state index contributed by atoms with van der Waals surface area (Å²) in [6, 6.07) is 79.5. The van der Waals surface area contributed by atoms with Gasteiger partial charge in [-0.2, -0.15) is 0 Å². The van der Waals surface area contributed by atoms with Gasteiger partial charge in [-0.15, -0.1) is 0 Å². The number of hydrogen-bond donors (Lipinski definition) is 5. The molecule has 4 aliphatic heterocycles. The number of H-pyrrole nitrogens is 1. The minimum Gasteiger partial charge on any atom is -0.385 e. The Labute approximate surface area is 690 Å². The van der Waals surface area contributed by atoms with Crippen molar-refractivity contribution in [3.63, 3.8) is 0 Å².